The second kappa shape index (κ2) is 13.0. The van der Waals surface area contributed by atoms with Crippen molar-refractivity contribution in [3.63, 3.8) is 0 Å². The molecule has 0 aromatic carbocycles. The van der Waals surface area contributed by atoms with Crippen molar-refractivity contribution >= 4 is 17.3 Å². The molecule has 1 heterocycles. The Morgan fingerprint density at radius 3 is 1.84 bits per heavy atom. The first-order valence-corrected chi connectivity index (χ1v) is 9.38. The molecule has 0 aliphatic carbocycles. The summed E-state index contributed by atoms with van der Waals surface area (Å²) in [6.07, 6.45) is 18.6. The topological polar surface area (TPSA) is 12.4 Å². The van der Waals surface area contributed by atoms with Crippen molar-refractivity contribution in [2.75, 3.05) is 6.54 Å². The van der Waals surface area contributed by atoms with Gasteiger partial charge in [-0.25, -0.2) is 0 Å². The van der Waals surface area contributed by atoms with E-state index in [2.05, 4.69) is 17.5 Å². The molecule has 2 heteroatoms. The standard InChI is InChI=1S/C17H32NS/c1-2-3-4-5-6-7-8-9-10-11-12-13-14-17-15-18-16-19-17/h17H,2-15H2,1H3. The highest BCUT2D eigenvalue weighted by Crippen LogP contribution is 2.21. The van der Waals surface area contributed by atoms with E-state index >= 15 is 0 Å². The van der Waals surface area contributed by atoms with Crippen LogP contribution in [0, 0.1) is 0 Å². The molecule has 1 aliphatic rings. The van der Waals surface area contributed by atoms with Gasteiger partial charge < -0.3 is 0 Å². The van der Waals surface area contributed by atoms with Gasteiger partial charge in [0, 0.05) is 5.25 Å². The minimum atomic E-state index is 0.753. The van der Waals surface area contributed by atoms with Gasteiger partial charge in [0.2, 0.25) is 0 Å². The summed E-state index contributed by atoms with van der Waals surface area (Å²) in [5.41, 5.74) is 3.01. The maximum absolute atomic E-state index is 4.15. The lowest BCUT2D eigenvalue weighted by Crippen LogP contribution is -2.01. The summed E-state index contributed by atoms with van der Waals surface area (Å²) < 4.78 is 0. The van der Waals surface area contributed by atoms with Crippen LogP contribution < -0.4 is 0 Å². The first-order valence-electron chi connectivity index (χ1n) is 8.50. The van der Waals surface area contributed by atoms with Crippen molar-refractivity contribution in [1.82, 2.24) is 0 Å². The third kappa shape index (κ3) is 10.5. The van der Waals surface area contributed by atoms with Gasteiger partial charge >= 0.3 is 0 Å². The molecule has 19 heavy (non-hydrogen) atoms. The Labute approximate surface area is 125 Å². The third-order valence-electron chi connectivity index (χ3n) is 3.96. The van der Waals surface area contributed by atoms with E-state index in [1.807, 2.05) is 11.8 Å². The maximum Gasteiger partial charge on any atom is 0.123 e. The van der Waals surface area contributed by atoms with Crippen molar-refractivity contribution < 1.29 is 0 Å². The van der Waals surface area contributed by atoms with Crippen LogP contribution >= 0.6 is 11.8 Å². The Balaban J connectivity index is 1.67. The summed E-state index contributed by atoms with van der Waals surface area (Å²) in [5.74, 6) is 0. The molecule has 1 unspecified atom stereocenters. The molecule has 111 valence electrons. The fourth-order valence-electron chi connectivity index (χ4n) is 2.65. The number of rotatable bonds is 13. The van der Waals surface area contributed by atoms with Gasteiger partial charge in [-0.1, -0.05) is 95.7 Å². The predicted octanol–water partition coefficient (Wildman–Crippen LogP) is 6.10. The lowest BCUT2D eigenvalue weighted by atomic mass is 10.0. The number of thioether (sulfide) groups is 1. The summed E-state index contributed by atoms with van der Waals surface area (Å²) in [5, 5.41) is 0.753. The highest BCUT2D eigenvalue weighted by atomic mass is 32.2. The summed E-state index contributed by atoms with van der Waals surface area (Å²) in [6, 6.07) is 0. The molecule has 0 saturated carbocycles. The van der Waals surface area contributed by atoms with Crippen LogP contribution in [0.15, 0.2) is 4.99 Å². The van der Waals surface area contributed by atoms with Crippen LogP contribution in [0.3, 0.4) is 0 Å². The molecule has 0 fully saturated rings. The molecule has 0 spiro atoms. The Morgan fingerprint density at radius 2 is 1.37 bits per heavy atom. The van der Waals surface area contributed by atoms with E-state index in [1.54, 1.807) is 0 Å². The third-order valence-corrected chi connectivity index (χ3v) is 4.91. The molecule has 0 aromatic rings. The van der Waals surface area contributed by atoms with Crippen molar-refractivity contribution in [2.24, 2.45) is 4.99 Å². The van der Waals surface area contributed by atoms with Crippen molar-refractivity contribution in [2.45, 2.75) is 95.6 Å². The van der Waals surface area contributed by atoms with Gasteiger partial charge in [0.1, 0.15) is 5.55 Å². The molecule has 0 bridgehead atoms. The molecule has 0 aromatic heterocycles. The first-order chi connectivity index (χ1) is 9.43. The van der Waals surface area contributed by atoms with Crippen LogP contribution in [0.4, 0.5) is 0 Å². The van der Waals surface area contributed by atoms with E-state index in [0.29, 0.717) is 0 Å². The zero-order valence-electron chi connectivity index (χ0n) is 12.8. The van der Waals surface area contributed by atoms with Crippen LogP contribution in [0.5, 0.6) is 0 Å². The minimum Gasteiger partial charge on any atom is -0.274 e. The van der Waals surface area contributed by atoms with Crippen molar-refractivity contribution in [3.8, 4) is 0 Å². The normalized spacial score (nSPS) is 18.3. The number of unbranched alkanes of at least 4 members (excludes halogenated alkanes) is 11. The zero-order valence-corrected chi connectivity index (χ0v) is 13.6. The van der Waals surface area contributed by atoms with Gasteiger partial charge in [0.05, 0.1) is 6.54 Å². The zero-order chi connectivity index (χ0) is 13.6. The van der Waals surface area contributed by atoms with Crippen molar-refractivity contribution in [1.29, 1.82) is 0 Å². The SMILES string of the molecule is CCCCCCCCCCCCCCC1CN=[C]S1. The van der Waals surface area contributed by atoms with Gasteiger partial charge in [-0.3, -0.25) is 4.99 Å². The fourth-order valence-corrected chi connectivity index (χ4v) is 3.38. The average Bonchev–Trinajstić information content (AvgIpc) is 2.93. The average molecular weight is 283 g/mol. The fraction of sp³-hybridized carbons (Fsp3) is 0.941. The summed E-state index contributed by atoms with van der Waals surface area (Å²) >= 11 is 1.81. The Bertz CT molecular complexity index is 207. The van der Waals surface area contributed by atoms with E-state index in [1.165, 1.54) is 83.5 Å². The van der Waals surface area contributed by atoms with Crippen LogP contribution in [0.2, 0.25) is 0 Å². The maximum atomic E-state index is 4.15. The Kier molecular flexibility index (Phi) is 11.7. The van der Waals surface area contributed by atoms with Gasteiger partial charge in [-0.15, -0.1) is 0 Å². The molecule has 1 rings (SSSR count). The molecule has 1 radical (unpaired) electrons. The van der Waals surface area contributed by atoms with Gasteiger partial charge in [0.15, 0.2) is 0 Å². The molecule has 1 atom stereocenters. The highest BCUT2D eigenvalue weighted by molar-refractivity contribution is 8.12. The van der Waals surface area contributed by atoms with Crippen LogP contribution in [0.25, 0.3) is 0 Å². The van der Waals surface area contributed by atoms with E-state index in [4.69, 9.17) is 0 Å². The second-order valence-corrected chi connectivity index (χ2v) is 6.93. The second-order valence-electron chi connectivity index (χ2n) is 5.85. The van der Waals surface area contributed by atoms with Crippen molar-refractivity contribution in [3.05, 3.63) is 0 Å². The summed E-state index contributed by atoms with van der Waals surface area (Å²) in [6.45, 7) is 3.30. The molecule has 0 saturated heterocycles. The molecule has 0 N–H and O–H groups in total. The molecular weight excluding hydrogens is 250 g/mol. The predicted molar refractivity (Wildman–Crippen MR) is 89.4 cm³/mol. The molecule has 1 nitrogen and oxygen atoms in total. The van der Waals surface area contributed by atoms with E-state index < -0.39 is 0 Å². The van der Waals surface area contributed by atoms with E-state index in [0.717, 1.165) is 11.8 Å². The Morgan fingerprint density at radius 1 is 0.842 bits per heavy atom. The molecule has 0 amide bonds. The molecular formula is C17H32NS. The van der Waals surface area contributed by atoms with Gasteiger partial charge in [-0.2, -0.15) is 0 Å². The van der Waals surface area contributed by atoms with Crippen LogP contribution in [-0.2, 0) is 0 Å². The highest BCUT2D eigenvalue weighted by Gasteiger charge is 2.11. The Hall–Kier alpha value is 0.0200. The van der Waals surface area contributed by atoms with Crippen LogP contribution in [-0.4, -0.2) is 17.3 Å². The number of nitrogens with zero attached hydrogens (tertiary/aromatic N) is 1. The van der Waals surface area contributed by atoms with Crippen LogP contribution in [0.1, 0.15) is 90.4 Å². The van der Waals surface area contributed by atoms with Gasteiger partial charge in [-0.05, 0) is 6.42 Å². The van der Waals surface area contributed by atoms with Gasteiger partial charge in [0.25, 0.3) is 0 Å². The molecule has 1 aliphatic heterocycles. The van der Waals surface area contributed by atoms with E-state index in [-0.39, 0.29) is 0 Å². The minimum absolute atomic E-state index is 0.753. The lowest BCUT2D eigenvalue weighted by molar-refractivity contribution is 0.538. The number of hydrogen-bond acceptors (Lipinski definition) is 2. The summed E-state index contributed by atoms with van der Waals surface area (Å²) in [7, 11) is 0. The summed E-state index contributed by atoms with van der Waals surface area (Å²) in [4.78, 5) is 4.15. The number of aliphatic imine (C=N–C) groups is 1. The first kappa shape index (κ1) is 17.1. The van der Waals surface area contributed by atoms with E-state index in [9.17, 15) is 0 Å². The largest absolute Gasteiger partial charge is 0.274 e. The lowest BCUT2D eigenvalue weighted by Gasteiger charge is -2.06. The smallest absolute Gasteiger partial charge is 0.123 e. The monoisotopic (exact) mass is 282 g/mol. The quantitative estimate of drug-likeness (QED) is 0.372. The number of hydrogen-bond donors (Lipinski definition) is 0.